The average Bonchev–Trinajstić information content (AvgIpc) is 3.44. The van der Waals surface area contributed by atoms with Gasteiger partial charge >= 0.3 is 0 Å². The number of benzene rings is 2. The largest absolute Gasteiger partial charge is 0.293 e. The van der Waals surface area contributed by atoms with E-state index in [1.807, 2.05) is 40.8 Å². The smallest absolute Gasteiger partial charge is 0.241 e. The Bertz CT molecular complexity index is 1500. The van der Waals surface area contributed by atoms with E-state index in [1.54, 1.807) is 0 Å². The molecule has 0 bridgehead atoms. The first-order valence-electron chi connectivity index (χ1n) is 10.9. The zero-order chi connectivity index (χ0) is 23.9. The van der Waals surface area contributed by atoms with Crippen molar-refractivity contribution in [2.24, 2.45) is 0 Å². The normalized spacial score (nSPS) is 11.9. The van der Waals surface area contributed by atoms with Crippen LogP contribution in [-0.2, 0) is 10.2 Å². The summed E-state index contributed by atoms with van der Waals surface area (Å²) in [4.78, 5) is 17.1. The van der Waals surface area contributed by atoms with Crippen molar-refractivity contribution < 1.29 is 4.79 Å². The molecule has 3 heterocycles. The van der Waals surface area contributed by atoms with Crippen LogP contribution in [0.1, 0.15) is 31.9 Å². The van der Waals surface area contributed by atoms with E-state index >= 15 is 0 Å². The number of amides is 1. The maximum Gasteiger partial charge on any atom is 0.241 e. The molecule has 34 heavy (non-hydrogen) atoms. The summed E-state index contributed by atoms with van der Waals surface area (Å²) in [6.45, 7) is 8.62. The molecule has 2 aromatic carbocycles. The van der Waals surface area contributed by atoms with Gasteiger partial charge in [0.05, 0.1) is 11.3 Å². The number of nitrogens with zero attached hydrogens (tertiary/aromatic N) is 5. The van der Waals surface area contributed by atoms with E-state index in [4.69, 9.17) is 0 Å². The van der Waals surface area contributed by atoms with Crippen molar-refractivity contribution in [3.63, 3.8) is 0 Å². The predicted octanol–water partition coefficient (Wildman–Crippen LogP) is 5.74. The molecule has 0 atom stereocenters. The molecule has 5 rings (SSSR count). The van der Waals surface area contributed by atoms with Gasteiger partial charge < -0.3 is 0 Å². The van der Waals surface area contributed by atoms with E-state index in [-0.39, 0.29) is 17.1 Å². The predicted molar refractivity (Wildman–Crippen MR) is 139 cm³/mol. The number of nitrogens with one attached hydrogen (secondary N) is 1. The summed E-state index contributed by atoms with van der Waals surface area (Å²) < 4.78 is 6.29. The Morgan fingerprint density at radius 3 is 2.62 bits per heavy atom. The van der Waals surface area contributed by atoms with Gasteiger partial charge in [0, 0.05) is 10.9 Å². The van der Waals surface area contributed by atoms with Crippen molar-refractivity contribution in [3.8, 4) is 10.6 Å². The number of rotatable bonds is 5. The van der Waals surface area contributed by atoms with Crippen molar-refractivity contribution in [1.82, 2.24) is 24.0 Å². The molecule has 1 amide bonds. The van der Waals surface area contributed by atoms with Crippen molar-refractivity contribution >= 4 is 51.7 Å². The Hall–Kier alpha value is -3.30. The highest BCUT2D eigenvalue weighted by atomic mass is 32.2. The number of aromatic nitrogens is 5. The SMILES string of the molecule is Cc1cc2nnc(SCC(=O)Nc3nsc(-c4ccc(C(C)(C)C)cc4)n3)n2c2ccccc12. The van der Waals surface area contributed by atoms with Gasteiger partial charge in [-0.3, -0.25) is 14.5 Å². The number of carbonyl (C=O) groups is 1. The molecule has 1 N–H and O–H groups in total. The first-order chi connectivity index (χ1) is 16.3. The van der Waals surface area contributed by atoms with Gasteiger partial charge in [0.1, 0.15) is 5.01 Å². The van der Waals surface area contributed by atoms with Gasteiger partial charge in [0.25, 0.3) is 0 Å². The van der Waals surface area contributed by atoms with E-state index in [0.29, 0.717) is 11.1 Å². The quantitative estimate of drug-likeness (QED) is 0.318. The monoisotopic (exact) mass is 488 g/mol. The van der Waals surface area contributed by atoms with Crippen LogP contribution in [0.15, 0.2) is 59.8 Å². The van der Waals surface area contributed by atoms with Gasteiger partial charge in [-0.05, 0) is 47.1 Å². The Labute approximate surface area is 205 Å². The van der Waals surface area contributed by atoms with E-state index < -0.39 is 0 Å². The highest BCUT2D eigenvalue weighted by Crippen LogP contribution is 2.28. The van der Waals surface area contributed by atoms with Crippen LogP contribution in [0.25, 0.3) is 27.1 Å². The van der Waals surface area contributed by atoms with Gasteiger partial charge in [-0.15, -0.1) is 10.2 Å². The van der Waals surface area contributed by atoms with Crippen LogP contribution in [0.5, 0.6) is 0 Å². The molecule has 7 nitrogen and oxygen atoms in total. The van der Waals surface area contributed by atoms with Crippen LogP contribution in [0.2, 0.25) is 0 Å². The van der Waals surface area contributed by atoms with Gasteiger partial charge in [-0.1, -0.05) is 75.0 Å². The highest BCUT2D eigenvalue weighted by Gasteiger charge is 2.16. The van der Waals surface area contributed by atoms with Crippen molar-refractivity contribution in [1.29, 1.82) is 0 Å². The molecule has 172 valence electrons. The molecule has 0 saturated carbocycles. The Balaban J connectivity index is 1.28. The fraction of sp³-hybridized carbons (Fsp3) is 0.240. The second-order valence-corrected chi connectivity index (χ2v) is 10.8. The summed E-state index contributed by atoms with van der Waals surface area (Å²) >= 11 is 2.61. The maximum atomic E-state index is 12.6. The molecule has 0 aliphatic heterocycles. The Kier molecular flexibility index (Phi) is 5.83. The number of fused-ring (bicyclic) bond motifs is 3. The summed E-state index contributed by atoms with van der Waals surface area (Å²) in [6, 6.07) is 18.4. The number of hydrogen-bond acceptors (Lipinski definition) is 7. The molecule has 9 heteroatoms. The molecule has 3 aromatic heterocycles. The summed E-state index contributed by atoms with van der Waals surface area (Å²) in [7, 11) is 0. The van der Waals surface area contributed by atoms with Crippen molar-refractivity contribution in [3.05, 3.63) is 65.7 Å². The molecule has 0 aliphatic rings. The van der Waals surface area contributed by atoms with Crippen molar-refractivity contribution in [2.75, 3.05) is 11.1 Å². The summed E-state index contributed by atoms with van der Waals surface area (Å²) in [5, 5.41) is 14.0. The second kappa shape index (κ2) is 8.81. The third-order valence-electron chi connectivity index (χ3n) is 5.58. The topological polar surface area (TPSA) is 85.1 Å². The zero-order valence-corrected chi connectivity index (χ0v) is 21.0. The number of anilines is 1. The fourth-order valence-electron chi connectivity index (χ4n) is 3.76. The minimum absolute atomic E-state index is 0.0945. The molecule has 0 unspecified atom stereocenters. The van der Waals surface area contributed by atoms with Gasteiger partial charge in [0.15, 0.2) is 10.8 Å². The van der Waals surface area contributed by atoms with Crippen LogP contribution < -0.4 is 5.32 Å². The van der Waals surface area contributed by atoms with Crippen molar-refractivity contribution in [2.45, 2.75) is 38.3 Å². The van der Waals surface area contributed by atoms with Crippen LogP contribution in [0, 0.1) is 6.92 Å². The summed E-state index contributed by atoms with van der Waals surface area (Å²) in [5.74, 6) is 0.306. The second-order valence-electron chi connectivity index (χ2n) is 9.11. The van der Waals surface area contributed by atoms with E-state index in [2.05, 4.69) is 70.8 Å². The Morgan fingerprint density at radius 2 is 1.85 bits per heavy atom. The van der Waals surface area contributed by atoms with E-state index in [0.717, 1.165) is 32.7 Å². The molecule has 0 radical (unpaired) electrons. The first-order valence-corrected chi connectivity index (χ1v) is 12.7. The van der Waals surface area contributed by atoms with Crippen LogP contribution >= 0.6 is 23.3 Å². The fourth-order valence-corrected chi connectivity index (χ4v) is 5.14. The summed E-state index contributed by atoms with van der Waals surface area (Å²) in [6.07, 6.45) is 0. The minimum Gasteiger partial charge on any atom is -0.293 e. The minimum atomic E-state index is -0.189. The molecule has 0 fully saturated rings. The van der Waals surface area contributed by atoms with Gasteiger partial charge in [-0.25, -0.2) is 0 Å². The lowest BCUT2D eigenvalue weighted by atomic mass is 9.87. The third kappa shape index (κ3) is 4.41. The molecular formula is C25H24N6OS2. The lowest BCUT2D eigenvalue weighted by molar-refractivity contribution is -0.113. The van der Waals surface area contributed by atoms with E-state index in [9.17, 15) is 4.79 Å². The molecule has 0 spiro atoms. The molecule has 0 saturated heterocycles. The number of pyridine rings is 1. The number of carbonyl (C=O) groups excluding carboxylic acids is 1. The number of thioether (sulfide) groups is 1. The molecular weight excluding hydrogens is 464 g/mol. The van der Waals surface area contributed by atoms with E-state index in [1.165, 1.54) is 28.9 Å². The zero-order valence-electron chi connectivity index (χ0n) is 19.4. The number of hydrogen-bond donors (Lipinski definition) is 1. The molecule has 5 aromatic rings. The average molecular weight is 489 g/mol. The molecule has 0 aliphatic carbocycles. The van der Waals surface area contributed by atoms with Gasteiger partial charge in [0.2, 0.25) is 11.9 Å². The summed E-state index contributed by atoms with van der Waals surface area (Å²) in [5.41, 5.74) is 5.27. The number of para-hydroxylation sites is 1. The Morgan fingerprint density at radius 1 is 1.09 bits per heavy atom. The lowest BCUT2D eigenvalue weighted by Crippen LogP contribution is -2.15. The number of aryl methyl sites for hydroxylation is 1. The third-order valence-corrected chi connectivity index (χ3v) is 7.27. The standard InChI is InChI=1S/C25H24N6OS2/c1-15-13-20-28-29-24(31(20)19-8-6-5-7-18(15)19)33-14-21(32)26-23-27-22(34-30-23)16-9-11-17(12-10-16)25(2,3)4/h5-13H,14H2,1-4H3,(H,26,30,32). The maximum absolute atomic E-state index is 12.6. The highest BCUT2D eigenvalue weighted by molar-refractivity contribution is 7.99. The van der Waals surface area contributed by atoms with Gasteiger partial charge in [-0.2, -0.15) is 9.36 Å². The first kappa shape index (κ1) is 22.5. The van der Waals surface area contributed by atoms with Crippen LogP contribution in [0.3, 0.4) is 0 Å². The van der Waals surface area contributed by atoms with Crippen LogP contribution in [0.4, 0.5) is 5.95 Å². The van der Waals surface area contributed by atoms with Crippen LogP contribution in [-0.4, -0.2) is 35.6 Å². The lowest BCUT2D eigenvalue weighted by Gasteiger charge is -2.18.